The van der Waals surface area contributed by atoms with E-state index in [4.69, 9.17) is 6.57 Å². The maximum atomic E-state index is 12.6. The number of sulfone groups is 1. The van der Waals surface area contributed by atoms with E-state index in [9.17, 15) is 13.5 Å². The molecule has 0 bridgehead atoms. The van der Waals surface area contributed by atoms with Crippen LogP contribution in [0.3, 0.4) is 0 Å². The van der Waals surface area contributed by atoms with E-state index in [1.54, 1.807) is 18.2 Å². The van der Waals surface area contributed by atoms with Crippen LogP contribution >= 0.6 is 0 Å². The molecule has 0 heterocycles. The first-order valence-electron chi connectivity index (χ1n) is 9.55. The van der Waals surface area contributed by atoms with Gasteiger partial charge < -0.3 is 5.11 Å². The number of hydrogen-bond donors (Lipinski definition) is 1. The highest BCUT2D eigenvalue weighted by Crippen LogP contribution is 2.40. The number of nitrogens with zero attached hydrogens (tertiary/aromatic N) is 1. The van der Waals surface area contributed by atoms with Gasteiger partial charge in [0.05, 0.1) is 6.57 Å². The molecule has 0 aliphatic rings. The molecule has 0 spiro atoms. The molecule has 5 heteroatoms. The zero-order valence-electron chi connectivity index (χ0n) is 18.0. The van der Waals surface area contributed by atoms with Crippen molar-refractivity contribution in [3.63, 3.8) is 0 Å². The number of hydrogen-bond acceptors (Lipinski definition) is 3. The van der Waals surface area contributed by atoms with Gasteiger partial charge in [0.15, 0.2) is 9.84 Å². The summed E-state index contributed by atoms with van der Waals surface area (Å²) in [5, 5.41) is 10.5. The minimum Gasteiger partial charge on any atom is -0.507 e. The first-order chi connectivity index (χ1) is 12.7. The SMILES string of the molecule is [C-]#[N+]C(=Cc1cc(C(C)(C)C)c(O)c(C(C)(C)C)c1)S(=O)(=O)CCCCC=C. The molecule has 0 saturated heterocycles. The third-order valence-electron chi connectivity index (χ3n) is 4.54. The van der Waals surface area contributed by atoms with Gasteiger partial charge in [-0.15, -0.1) is 6.58 Å². The lowest BCUT2D eigenvalue weighted by atomic mass is 9.78. The van der Waals surface area contributed by atoms with Crippen LogP contribution in [0.5, 0.6) is 5.75 Å². The van der Waals surface area contributed by atoms with Crippen LogP contribution in [0.4, 0.5) is 0 Å². The summed E-state index contributed by atoms with van der Waals surface area (Å²) in [4.78, 5) is 3.30. The fraction of sp³-hybridized carbons (Fsp3) is 0.522. The minimum absolute atomic E-state index is 0.0502. The highest BCUT2D eigenvalue weighted by Gasteiger charge is 2.27. The molecule has 0 radical (unpaired) electrons. The molecule has 0 amide bonds. The summed E-state index contributed by atoms with van der Waals surface area (Å²) in [6.45, 7) is 23.0. The second-order valence-electron chi connectivity index (χ2n) is 9.16. The Hall–Kier alpha value is -2.06. The van der Waals surface area contributed by atoms with E-state index < -0.39 is 9.84 Å². The van der Waals surface area contributed by atoms with Crippen LogP contribution in [0, 0.1) is 6.57 Å². The molecule has 0 saturated carbocycles. The monoisotopic (exact) mass is 403 g/mol. The highest BCUT2D eigenvalue weighted by atomic mass is 32.2. The number of allylic oxidation sites excluding steroid dienone is 1. The van der Waals surface area contributed by atoms with Gasteiger partial charge >= 0.3 is 0 Å². The molecular weight excluding hydrogens is 370 g/mol. The fourth-order valence-corrected chi connectivity index (χ4v) is 4.15. The van der Waals surface area contributed by atoms with Gasteiger partial charge in [0.1, 0.15) is 5.75 Å². The maximum Gasteiger partial charge on any atom is 0.279 e. The molecule has 1 aromatic rings. The summed E-state index contributed by atoms with van der Waals surface area (Å²) >= 11 is 0. The molecule has 0 aromatic heterocycles. The zero-order valence-corrected chi connectivity index (χ0v) is 18.8. The van der Waals surface area contributed by atoms with Crippen molar-refractivity contribution < 1.29 is 13.5 Å². The number of aromatic hydroxyl groups is 1. The molecule has 1 N–H and O–H groups in total. The summed E-state index contributed by atoms with van der Waals surface area (Å²) in [5.74, 6) is 0.180. The van der Waals surface area contributed by atoms with E-state index in [2.05, 4.69) is 11.4 Å². The second kappa shape index (κ2) is 8.96. The molecule has 0 aliphatic carbocycles. The number of benzene rings is 1. The first kappa shape index (κ1) is 24.0. The van der Waals surface area contributed by atoms with Crippen LogP contribution in [-0.4, -0.2) is 19.3 Å². The van der Waals surface area contributed by atoms with E-state index >= 15 is 0 Å². The average molecular weight is 404 g/mol. The zero-order chi connectivity index (χ0) is 21.8. The molecule has 0 unspecified atom stereocenters. The Morgan fingerprint density at radius 1 is 1.11 bits per heavy atom. The number of phenolic OH excluding ortho intramolecular Hbond substituents is 1. The number of phenols is 1. The van der Waals surface area contributed by atoms with Crippen LogP contribution < -0.4 is 0 Å². The van der Waals surface area contributed by atoms with Gasteiger partial charge in [-0.1, -0.05) is 47.6 Å². The first-order valence-corrected chi connectivity index (χ1v) is 11.2. The predicted octanol–water partition coefficient (Wildman–Crippen LogP) is 5.98. The Morgan fingerprint density at radius 2 is 1.61 bits per heavy atom. The van der Waals surface area contributed by atoms with Gasteiger partial charge in [-0.05, 0) is 53.9 Å². The van der Waals surface area contributed by atoms with Crippen molar-refractivity contribution in [2.75, 3.05) is 5.75 Å². The predicted molar refractivity (Wildman–Crippen MR) is 118 cm³/mol. The third kappa shape index (κ3) is 6.24. The van der Waals surface area contributed by atoms with Crippen molar-refractivity contribution in [1.82, 2.24) is 0 Å². The molecular formula is C23H33NO3S. The van der Waals surface area contributed by atoms with E-state index in [1.807, 2.05) is 41.5 Å². The standard InChI is InChI=1S/C23H33NO3S/c1-9-10-11-12-13-28(26,27)20(24-8)16-17-14-18(22(2,3)4)21(25)19(15-17)23(5,6)7/h9,14-16,25H,1,10-13H2,2-7H3. The summed E-state index contributed by atoms with van der Waals surface area (Å²) in [6, 6.07) is 3.56. The van der Waals surface area contributed by atoms with E-state index in [0.717, 1.165) is 24.0 Å². The van der Waals surface area contributed by atoms with Gasteiger partial charge in [-0.3, -0.25) is 0 Å². The van der Waals surface area contributed by atoms with Crippen LogP contribution in [0.2, 0.25) is 0 Å². The Bertz CT molecular complexity index is 854. The lowest BCUT2D eigenvalue weighted by molar-refractivity contribution is 0.423. The van der Waals surface area contributed by atoms with E-state index in [1.165, 1.54) is 6.08 Å². The third-order valence-corrected chi connectivity index (χ3v) is 6.21. The summed E-state index contributed by atoms with van der Waals surface area (Å²) in [7, 11) is -3.65. The molecule has 1 aromatic carbocycles. The van der Waals surface area contributed by atoms with Gasteiger partial charge in [0.25, 0.3) is 5.03 Å². The van der Waals surface area contributed by atoms with Crippen LogP contribution in [0.25, 0.3) is 10.9 Å². The smallest absolute Gasteiger partial charge is 0.279 e. The van der Waals surface area contributed by atoms with E-state index in [0.29, 0.717) is 12.0 Å². The minimum atomic E-state index is -3.65. The van der Waals surface area contributed by atoms with Crippen molar-refractivity contribution in [1.29, 1.82) is 0 Å². The van der Waals surface area contributed by atoms with Crippen molar-refractivity contribution in [3.05, 3.63) is 57.9 Å². The quantitative estimate of drug-likeness (QED) is 0.346. The summed E-state index contributed by atoms with van der Waals surface area (Å²) < 4.78 is 25.2. The largest absolute Gasteiger partial charge is 0.507 e. The lowest BCUT2D eigenvalue weighted by Crippen LogP contribution is -2.17. The molecule has 0 aliphatic heterocycles. The van der Waals surface area contributed by atoms with Gasteiger partial charge in [-0.25, -0.2) is 13.3 Å². The van der Waals surface area contributed by atoms with Crippen LogP contribution in [0.15, 0.2) is 29.8 Å². The van der Waals surface area contributed by atoms with Crippen LogP contribution in [0.1, 0.15) is 77.5 Å². The van der Waals surface area contributed by atoms with Crippen molar-refractivity contribution in [3.8, 4) is 5.75 Å². The molecule has 28 heavy (non-hydrogen) atoms. The second-order valence-corrected chi connectivity index (χ2v) is 11.2. The van der Waals surface area contributed by atoms with Gasteiger partial charge in [0, 0.05) is 16.9 Å². The Labute approximate surface area is 170 Å². The normalized spacial score (nSPS) is 13.2. The molecule has 4 nitrogen and oxygen atoms in total. The van der Waals surface area contributed by atoms with Gasteiger partial charge in [0.2, 0.25) is 0 Å². The van der Waals surface area contributed by atoms with Crippen LogP contribution in [-0.2, 0) is 20.7 Å². The summed E-state index contributed by atoms with van der Waals surface area (Å²) in [6.07, 6.45) is 5.18. The fourth-order valence-electron chi connectivity index (χ4n) is 2.90. The topological polar surface area (TPSA) is 58.7 Å². The lowest BCUT2D eigenvalue weighted by Gasteiger charge is -2.28. The molecule has 0 fully saturated rings. The molecule has 1 rings (SSSR count). The van der Waals surface area contributed by atoms with Crippen molar-refractivity contribution in [2.45, 2.75) is 71.6 Å². The summed E-state index contributed by atoms with van der Waals surface area (Å²) in [5.41, 5.74) is 1.44. The molecule has 154 valence electrons. The van der Waals surface area contributed by atoms with Crippen molar-refractivity contribution in [2.24, 2.45) is 0 Å². The molecule has 0 atom stereocenters. The Morgan fingerprint density at radius 3 is 2.00 bits per heavy atom. The number of rotatable bonds is 7. The Kier molecular flexibility index (Phi) is 7.67. The van der Waals surface area contributed by atoms with Gasteiger partial charge in [-0.2, -0.15) is 0 Å². The number of unbranched alkanes of at least 4 members (excludes halogenated alkanes) is 2. The Balaban J connectivity index is 3.49. The average Bonchev–Trinajstić information content (AvgIpc) is 2.55. The highest BCUT2D eigenvalue weighted by molar-refractivity contribution is 7.95. The van der Waals surface area contributed by atoms with Crippen molar-refractivity contribution >= 4 is 15.9 Å². The maximum absolute atomic E-state index is 12.6. The van der Waals surface area contributed by atoms with E-state index in [-0.39, 0.29) is 27.4 Å².